The fourth-order valence-corrected chi connectivity index (χ4v) is 5.00. The molecule has 0 aliphatic heterocycles. The molecule has 5 aromatic carbocycles. The van der Waals surface area contributed by atoms with Gasteiger partial charge in [0.2, 0.25) is 0 Å². The predicted octanol–water partition coefficient (Wildman–Crippen LogP) is 9.49. The second-order valence-electron chi connectivity index (χ2n) is 10.5. The zero-order chi connectivity index (χ0) is 24.7. The van der Waals surface area contributed by atoms with E-state index < -0.39 is 0 Å². The molecule has 0 aliphatic rings. The van der Waals surface area contributed by atoms with E-state index in [0.717, 1.165) is 11.4 Å². The van der Waals surface area contributed by atoms with E-state index in [9.17, 15) is 0 Å². The van der Waals surface area contributed by atoms with Crippen LogP contribution in [-0.2, 0) is 5.41 Å². The number of anilines is 2. The van der Waals surface area contributed by atoms with Crippen molar-refractivity contribution in [2.24, 2.45) is 0 Å². The van der Waals surface area contributed by atoms with Gasteiger partial charge in [-0.1, -0.05) is 93.6 Å². The lowest BCUT2D eigenvalue weighted by Crippen LogP contribution is -2.10. The van der Waals surface area contributed by atoms with Crippen LogP contribution in [0.3, 0.4) is 0 Å². The second-order valence-corrected chi connectivity index (χ2v) is 10.5. The van der Waals surface area contributed by atoms with E-state index in [2.05, 4.69) is 152 Å². The fourth-order valence-electron chi connectivity index (χ4n) is 5.00. The van der Waals surface area contributed by atoms with Gasteiger partial charge in [-0.15, -0.1) is 0 Å². The molecular weight excluding hydrogens is 436 g/mol. The summed E-state index contributed by atoms with van der Waals surface area (Å²) >= 11 is 0. The Morgan fingerprint density at radius 2 is 1.22 bits per heavy atom. The van der Waals surface area contributed by atoms with Crippen molar-refractivity contribution in [2.45, 2.75) is 26.2 Å². The summed E-state index contributed by atoms with van der Waals surface area (Å²) in [5, 5.41) is 6.13. The number of nitrogens with zero attached hydrogens (tertiary/aromatic N) is 1. The highest BCUT2D eigenvalue weighted by Gasteiger charge is 2.14. The van der Waals surface area contributed by atoms with Gasteiger partial charge in [0.1, 0.15) is 0 Å². The zero-order valence-electron chi connectivity index (χ0n) is 21.0. The van der Waals surface area contributed by atoms with Gasteiger partial charge < -0.3 is 9.88 Å². The standard InChI is InChI=1S/C34H30N2/c1-34(2,3)26-17-19-27(20-18-26)35-28-11-9-10-24(22-28)25-16-21-31-30-14-7-8-15-32(30)36(33(31)23-25)29-12-5-4-6-13-29/h4-23,35H,1-3H3. The van der Waals surface area contributed by atoms with E-state index in [4.69, 9.17) is 0 Å². The van der Waals surface area contributed by atoms with Crippen LogP contribution in [-0.4, -0.2) is 4.57 Å². The van der Waals surface area contributed by atoms with Crippen molar-refractivity contribution in [3.05, 3.63) is 127 Å². The molecule has 0 fully saturated rings. The number of hydrogen-bond donors (Lipinski definition) is 1. The van der Waals surface area contributed by atoms with Crippen LogP contribution in [0.15, 0.2) is 121 Å². The summed E-state index contributed by atoms with van der Waals surface area (Å²) < 4.78 is 2.37. The molecule has 0 aliphatic carbocycles. The summed E-state index contributed by atoms with van der Waals surface area (Å²) in [5.74, 6) is 0. The lowest BCUT2D eigenvalue weighted by Gasteiger charge is -2.19. The highest BCUT2D eigenvalue weighted by molar-refractivity contribution is 6.10. The number of hydrogen-bond acceptors (Lipinski definition) is 1. The Balaban J connectivity index is 1.40. The third kappa shape index (κ3) is 4.05. The van der Waals surface area contributed by atoms with Crippen molar-refractivity contribution in [3.8, 4) is 16.8 Å². The number of aromatic nitrogens is 1. The Hall–Kier alpha value is -4.30. The fraction of sp³-hybridized carbons (Fsp3) is 0.118. The average molecular weight is 467 g/mol. The van der Waals surface area contributed by atoms with Crippen LogP contribution in [0.1, 0.15) is 26.3 Å². The van der Waals surface area contributed by atoms with Crippen LogP contribution in [0.5, 0.6) is 0 Å². The van der Waals surface area contributed by atoms with Gasteiger partial charge in [0.05, 0.1) is 11.0 Å². The summed E-state index contributed by atoms with van der Waals surface area (Å²) in [6, 6.07) is 43.5. The number of nitrogens with one attached hydrogen (secondary N) is 1. The first kappa shape index (κ1) is 22.2. The van der Waals surface area contributed by atoms with Gasteiger partial charge in [-0.25, -0.2) is 0 Å². The van der Waals surface area contributed by atoms with Gasteiger partial charge >= 0.3 is 0 Å². The van der Waals surface area contributed by atoms with Crippen LogP contribution in [0.2, 0.25) is 0 Å². The molecule has 0 amide bonds. The van der Waals surface area contributed by atoms with Gasteiger partial charge in [-0.3, -0.25) is 0 Å². The molecule has 176 valence electrons. The highest BCUT2D eigenvalue weighted by atomic mass is 15.0. The minimum atomic E-state index is 0.152. The Morgan fingerprint density at radius 3 is 2.00 bits per heavy atom. The van der Waals surface area contributed by atoms with Crippen molar-refractivity contribution in [3.63, 3.8) is 0 Å². The Kier molecular flexibility index (Phi) is 5.38. The summed E-state index contributed by atoms with van der Waals surface area (Å²) in [7, 11) is 0. The Labute approximate surface area is 212 Å². The zero-order valence-corrected chi connectivity index (χ0v) is 21.0. The van der Waals surface area contributed by atoms with Crippen molar-refractivity contribution in [1.29, 1.82) is 0 Å². The number of para-hydroxylation sites is 2. The number of benzene rings is 5. The largest absolute Gasteiger partial charge is 0.356 e. The molecule has 2 nitrogen and oxygen atoms in total. The average Bonchev–Trinajstić information content (AvgIpc) is 3.23. The van der Waals surface area contributed by atoms with Gasteiger partial charge in [-0.2, -0.15) is 0 Å². The molecule has 1 N–H and O–H groups in total. The maximum absolute atomic E-state index is 3.58. The molecular formula is C34H30N2. The van der Waals surface area contributed by atoms with Crippen LogP contribution >= 0.6 is 0 Å². The summed E-state index contributed by atoms with van der Waals surface area (Å²) in [5.41, 5.74) is 9.69. The summed E-state index contributed by atoms with van der Waals surface area (Å²) in [6.45, 7) is 6.73. The summed E-state index contributed by atoms with van der Waals surface area (Å²) in [6.07, 6.45) is 0. The highest BCUT2D eigenvalue weighted by Crippen LogP contribution is 2.35. The molecule has 6 aromatic rings. The lowest BCUT2D eigenvalue weighted by atomic mass is 9.87. The van der Waals surface area contributed by atoms with E-state index in [-0.39, 0.29) is 5.41 Å². The first-order valence-electron chi connectivity index (χ1n) is 12.5. The Morgan fingerprint density at radius 1 is 0.528 bits per heavy atom. The lowest BCUT2D eigenvalue weighted by molar-refractivity contribution is 0.590. The van der Waals surface area contributed by atoms with Crippen LogP contribution in [0, 0.1) is 0 Å². The van der Waals surface area contributed by atoms with Crippen molar-refractivity contribution in [1.82, 2.24) is 4.57 Å². The molecule has 2 heteroatoms. The van der Waals surface area contributed by atoms with E-state index in [1.165, 1.54) is 44.2 Å². The number of fused-ring (bicyclic) bond motifs is 3. The summed E-state index contributed by atoms with van der Waals surface area (Å²) in [4.78, 5) is 0. The SMILES string of the molecule is CC(C)(C)c1ccc(Nc2cccc(-c3ccc4c5ccccc5n(-c5ccccc5)c4c3)c2)cc1. The molecule has 1 heterocycles. The van der Waals surface area contributed by atoms with E-state index in [1.54, 1.807) is 0 Å². The molecule has 0 atom stereocenters. The smallest absolute Gasteiger partial charge is 0.0547 e. The van der Waals surface area contributed by atoms with Gasteiger partial charge in [0.25, 0.3) is 0 Å². The third-order valence-electron chi connectivity index (χ3n) is 6.92. The molecule has 0 saturated heterocycles. The van der Waals surface area contributed by atoms with Gasteiger partial charge in [0, 0.05) is 27.8 Å². The van der Waals surface area contributed by atoms with Crippen molar-refractivity contribution in [2.75, 3.05) is 5.32 Å². The maximum atomic E-state index is 3.58. The first-order valence-corrected chi connectivity index (χ1v) is 12.5. The maximum Gasteiger partial charge on any atom is 0.0547 e. The van der Waals surface area contributed by atoms with E-state index in [0.29, 0.717) is 0 Å². The van der Waals surface area contributed by atoms with Gasteiger partial charge in [0.15, 0.2) is 0 Å². The molecule has 6 rings (SSSR count). The van der Waals surface area contributed by atoms with Crippen LogP contribution in [0.4, 0.5) is 11.4 Å². The van der Waals surface area contributed by atoms with Gasteiger partial charge in [-0.05, 0) is 70.6 Å². The predicted molar refractivity (Wildman–Crippen MR) is 155 cm³/mol. The van der Waals surface area contributed by atoms with Crippen molar-refractivity contribution >= 4 is 33.2 Å². The molecule has 0 unspecified atom stereocenters. The topological polar surface area (TPSA) is 17.0 Å². The first-order chi connectivity index (χ1) is 17.5. The Bertz CT molecular complexity index is 1670. The molecule has 1 aromatic heterocycles. The molecule has 0 radical (unpaired) electrons. The van der Waals surface area contributed by atoms with E-state index in [1.807, 2.05) is 0 Å². The molecule has 0 saturated carbocycles. The monoisotopic (exact) mass is 466 g/mol. The quantitative estimate of drug-likeness (QED) is 0.274. The van der Waals surface area contributed by atoms with Crippen LogP contribution < -0.4 is 5.32 Å². The normalized spacial score (nSPS) is 11.8. The minimum absolute atomic E-state index is 0.152. The van der Waals surface area contributed by atoms with Crippen LogP contribution in [0.25, 0.3) is 38.6 Å². The minimum Gasteiger partial charge on any atom is -0.356 e. The van der Waals surface area contributed by atoms with E-state index >= 15 is 0 Å². The second kappa shape index (κ2) is 8.73. The van der Waals surface area contributed by atoms with Crippen molar-refractivity contribution < 1.29 is 0 Å². The number of rotatable bonds is 4. The molecule has 36 heavy (non-hydrogen) atoms. The third-order valence-corrected chi connectivity index (χ3v) is 6.92. The molecule has 0 bridgehead atoms. The molecule has 0 spiro atoms.